The lowest BCUT2D eigenvalue weighted by Gasteiger charge is -2.26. The van der Waals surface area contributed by atoms with Crippen LogP contribution < -0.4 is 10.6 Å². The molecule has 28 heavy (non-hydrogen) atoms. The number of hydrogen-bond acceptors (Lipinski definition) is 6. The molecule has 2 heterocycles. The van der Waals surface area contributed by atoms with Gasteiger partial charge in [0.2, 0.25) is 0 Å². The van der Waals surface area contributed by atoms with Gasteiger partial charge in [-0.25, -0.2) is 9.97 Å². The number of rotatable bonds is 6. The van der Waals surface area contributed by atoms with Crippen molar-refractivity contribution in [3.63, 3.8) is 0 Å². The third-order valence-corrected chi connectivity index (χ3v) is 4.17. The van der Waals surface area contributed by atoms with Gasteiger partial charge in [-0.3, -0.25) is 9.69 Å². The van der Waals surface area contributed by atoms with Crippen molar-refractivity contribution >= 4 is 17.4 Å². The summed E-state index contributed by atoms with van der Waals surface area (Å²) in [6, 6.07) is 4.41. The highest BCUT2D eigenvalue weighted by molar-refractivity contribution is 6.02. The number of alkyl halides is 3. The molecule has 2 aromatic rings. The Hall–Kier alpha value is -2.72. The van der Waals surface area contributed by atoms with E-state index in [0.717, 1.165) is 45.0 Å². The van der Waals surface area contributed by atoms with E-state index in [1.54, 1.807) is 0 Å². The molecule has 0 radical (unpaired) electrons. The molecular formula is C18H20F3N5O2. The Morgan fingerprint density at radius 1 is 1.18 bits per heavy atom. The summed E-state index contributed by atoms with van der Waals surface area (Å²) < 4.78 is 43.5. The number of carbonyl (C=O) groups excluding carboxylic acids is 1. The Morgan fingerprint density at radius 3 is 2.64 bits per heavy atom. The minimum absolute atomic E-state index is 0.0103. The Balaban J connectivity index is 1.52. The van der Waals surface area contributed by atoms with E-state index in [-0.39, 0.29) is 11.4 Å². The first-order valence-corrected chi connectivity index (χ1v) is 8.76. The normalized spacial score (nSPS) is 15.2. The molecule has 1 amide bonds. The first-order valence-electron chi connectivity index (χ1n) is 8.76. The van der Waals surface area contributed by atoms with Crippen LogP contribution in [0.15, 0.2) is 36.7 Å². The zero-order valence-electron chi connectivity index (χ0n) is 15.0. The number of carbonyl (C=O) groups is 1. The number of hydrogen-bond donors (Lipinski definition) is 2. The lowest BCUT2D eigenvalue weighted by atomic mass is 10.2. The van der Waals surface area contributed by atoms with Crippen LogP contribution in [0.2, 0.25) is 0 Å². The summed E-state index contributed by atoms with van der Waals surface area (Å²) in [4.78, 5) is 22.6. The Bertz CT molecular complexity index is 793. The van der Waals surface area contributed by atoms with Crippen LogP contribution in [-0.4, -0.2) is 60.2 Å². The van der Waals surface area contributed by atoms with Gasteiger partial charge in [0.25, 0.3) is 5.91 Å². The van der Waals surface area contributed by atoms with Crippen LogP contribution in [0.1, 0.15) is 16.1 Å². The quantitative estimate of drug-likeness (QED) is 0.783. The maximum Gasteiger partial charge on any atom is 0.416 e. The number of nitrogens with one attached hydrogen (secondary N) is 2. The molecule has 0 bridgehead atoms. The fourth-order valence-corrected chi connectivity index (χ4v) is 2.67. The van der Waals surface area contributed by atoms with Gasteiger partial charge in [-0.05, 0) is 18.2 Å². The SMILES string of the molecule is O=C(Nc1cccc(C(F)(F)F)c1)c1cnc(NCCN2CCOCC2)cn1. The smallest absolute Gasteiger partial charge is 0.379 e. The van der Waals surface area contributed by atoms with Gasteiger partial charge < -0.3 is 15.4 Å². The van der Waals surface area contributed by atoms with E-state index >= 15 is 0 Å². The molecule has 1 aliphatic heterocycles. The lowest BCUT2D eigenvalue weighted by Crippen LogP contribution is -2.39. The van der Waals surface area contributed by atoms with E-state index in [1.807, 2.05) is 0 Å². The van der Waals surface area contributed by atoms with Crippen molar-refractivity contribution < 1.29 is 22.7 Å². The van der Waals surface area contributed by atoms with Gasteiger partial charge in [-0.1, -0.05) is 6.07 Å². The fourth-order valence-electron chi connectivity index (χ4n) is 2.67. The number of halogens is 3. The second-order valence-corrected chi connectivity index (χ2v) is 6.20. The molecule has 0 atom stereocenters. The van der Waals surface area contributed by atoms with E-state index in [0.29, 0.717) is 12.4 Å². The van der Waals surface area contributed by atoms with Crippen LogP contribution in [0, 0.1) is 0 Å². The largest absolute Gasteiger partial charge is 0.416 e. The standard InChI is InChI=1S/C18H20F3N5O2/c19-18(20,21)13-2-1-3-14(10-13)25-17(27)15-11-24-16(12-23-15)22-4-5-26-6-8-28-9-7-26/h1-3,10-12H,4-9H2,(H,22,24)(H,25,27). The molecule has 2 N–H and O–H groups in total. The Labute approximate surface area is 159 Å². The third kappa shape index (κ3) is 5.64. The van der Waals surface area contributed by atoms with E-state index in [1.165, 1.54) is 24.5 Å². The highest BCUT2D eigenvalue weighted by Gasteiger charge is 2.30. The number of benzene rings is 1. The van der Waals surface area contributed by atoms with Crippen molar-refractivity contribution in [1.29, 1.82) is 0 Å². The van der Waals surface area contributed by atoms with E-state index in [4.69, 9.17) is 4.74 Å². The van der Waals surface area contributed by atoms with Gasteiger partial charge >= 0.3 is 6.18 Å². The molecule has 0 aliphatic carbocycles. The zero-order chi connectivity index (χ0) is 20.0. The summed E-state index contributed by atoms with van der Waals surface area (Å²) in [6.07, 6.45) is -1.78. The Morgan fingerprint density at radius 2 is 1.96 bits per heavy atom. The summed E-state index contributed by atoms with van der Waals surface area (Å²) in [5.74, 6) is -0.115. The van der Waals surface area contributed by atoms with Gasteiger partial charge in [0, 0.05) is 31.9 Å². The predicted octanol–water partition coefficient (Wildman–Crippen LogP) is 2.49. The van der Waals surface area contributed by atoms with Gasteiger partial charge in [-0.15, -0.1) is 0 Å². The van der Waals surface area contributed by atoms with E-state index < -0.39 is 17.6 Å². The summed E-state index contributed by atoms with van der Waals surface area (Å²) in [5.41, 5.74) is -0.790. The molecule has 10 heteroatoms. The highest BCUT2D eigenvalue weighted by atomic mass is 19.4. The molecule has 1 aromatic heterocycles. The first-order chi connectivity index (χ1) is 13.4. The molecule has 3 rings (SSSR count). The first kappa shape index (κ1) is 20.0. The summed E-state index contributed by atoms with van der Waals surface area (Å²) >= 11 is 0. The van der Waals surface area contributed by atoms with Crippen LogP contribution >= 0.6 is 0 Å². The van der Waals surface area contributed by atoms with Crippen molar-refractivity contribution in [3.05, 3.63) is 47.9 Å². The third-order valence-electron chi connectivity index (χ3n) is 4.17. The molecule has 0 saturated carbocycles. The molecule has 1 saturated heterocycles. The molecule has 0 unspecified atom stereocenters. The second kappa shape index (κ2) is 8.98. The Kier molecular flexibility index (Phi) is 6.42. The molecule has 7 nitrogen and oxygen atoms in total. The summed E-state index contributed by atoms with van der Waals surface area (Å²) in [5, 5.41) is 5.52. The molecule has 150 valence electrons. The van der Waals surface area contributed by atoms with Crippen molar-refractivity contribution in [1.82, 2.24) is 14.9 Å². The van der Waals surface area contributed by atoms with Crippen molar-refractivity contribution in [2.24, 2.45) is 0 Å². The number of amides is 1. The van der Waals surface area contributed by atoms with Crippen molar-refractivity contribution in [3.8, 4) is 0 Å². The van der Waals surface area contributed by atoms with E-state index in [2.05, 4.69) is 25.5 Å². The molecular weight excluding hydrogens is 375 g/mol. The number of anilines is 2. The molecule has 1 aliphatic rings. The predicted molar refractivity (Wildman–Crippen MR) is 97.2 cm³/mol. The maximum absolute atomic E-state index is 12.7. The lowest BCUT2D eigenvalue weighted by molar-refractivity contribution is -0.137. The minimum atomic E-state index is -4.48. The van der Waals surface area contributed by atoms with Gasteiger partial charge in [-0.2, -0.15) is 13.2 Å². The number of nitrogens with zero attached hydrogens (tertiary/aromatic N) is 3. The topological polar surface area (TPSA) is 79.4 Å². The summed E-state index contributed by atoms with van der Waals surface area (Å²) in [6.45, 7) is 4.75. The maximum atomic E-state index is 12.7. The van der Waals surface area contributed by atoms with Crippen molar-refractivity contribution in [2.75, 3.05) is 50.0 Å². The van der Waals surface area contributed by atoms with Crippen LogP contribution in [0.4, 0.5) is 24.7 Å². The monoisotopic (exact) mass is 395 g/mol. The molecule has 0 spiro atoms. The number of aromatic nitrogens is 2. The minimum Gasteiger partial charge on any atom is -0.379 e. The van der Waals surface area contributed by atoms with Crippen LogP contribution in [0.5, 0.6) is 0 Å². The van der Waals surface area contributed by atoms with Crippen LogP contribution in [0.25, 0.3) is 0 Å². The second-order valence-electron chi connectivity index (χ2n) is 6.20. The number of morpholine rings is 1. The highest BCUT2D eigenvalue weighted by Crippen LogP contribution is 2.30. The van der Waals surface area contributed by atoms with Crippen LogP contribution in [-0.2, 0) is 10.9 Å². The fraction of sp³-hybridized carbons (Fsp3) is 0.389. The van der Waals surface area contributed by atoms with Crippen LogP contribution in [0.3, 0.4) is 0 Å². The average Bonchev–Trinajstić information content (AvgIpc) is 2.69. The van der Waals surface area contributed by atoms with Crippen molar-refractivity contribution in [2.45, 2.75) is 6.18 Å². The van der Waals surface area contributed by atoms with Gasteiger partial charge in [0.15, 0.2) is 0 Å². The molecule has 1 fully saturated rings. The average molecular weight is 395 g/mol. The molecule has 1 aromatic carbocycles. The van der Waals surface area contributed by atoms with E-state index in [9.17, 15) is 18.0 Å². The summed E-state index contributed by atoms with van der Waals surface area (Å²) in [7, 11) is 0. The zero-order valence-corrected chi connectivity index (χ0v) is 15.0. The number of ether oxygens (including phenoxy) is 1. The van der Waals surface area contributed by atoms with Gasteiger partial charge in [0.1, 0.15) is 11.5 Å². The van der Waals surface area contributed by atoms with Gasteiger partial charge in [0.05, 0.1) is 31.2 Å².